The molecule has 3 fully saturated rings. The van der Waals surface area contributed by atoms with Gasteiger partial charge < -0.3 is 16.0 Å². The minimum absolute atomic E-state index is 0.286. The Labute approximate surface area is 189 Å². The second-order valence-corrected chi connectivity index (χ2v) is 8.28. The Kier molecular flexibility index (Phi) is 7.83. The highest BCUT2D eigenvalue weighted by Crippen LogP contribution is 2.47. The molecule has 0 atom stereocenters. The maximum Gasteiger partial charge on any atom is 0.343 e. The van der Waals surface area contributed by atoms with Crippen LogP contribution < -0.4 is 21.3 Å². The van der Waals surface area contributed by atoms with Crippen molar-refractivity contribution in [3.63, 3.8) is 0 Å². The van der Waals surface area contributed by atoms with Crippen molar-refractivity contribution in [1.29, 1.82) is 0 Å². The summed E-state index contributed by atoms with van der Waals surface area (Å²) >= 11 is 0. The van der Waals surface area contributed by atoms with Crippen molar-refractivity contribution in [2.75, 3.05) is 65.4 Å². The average Bonchev–Trinajstić information content (AvgIpc) is 2.87. The van der Waals surface area contributed by atoms with Crippen molar-refractivity contribution in [3.8, 4) is 0 Å². The van der Waals surface area contributed by atoms with Gasteiger partial charge in [0.1, 0.15) is 5.54 Å². The van der Waals surface area contributed by atoms with Gasteiger partial charge in [-0.3, -0.25) is 5.32 Å². The van der Waals surface area contributed by atoms with Gasteiger partial charge in [0.05, 0.1) is 0 Å². The molecular formula is C24H34F2N6. The van der Waals surface area contributed by atoms with E-state index < -0.39 is 11.6 Å². The van der Waals surface area contributed by atoms with Crippen LogP contribution in [0.1, 0.15) is 11.1 Å². The summed E-state index contributed by atoms with van der Waals surface area (Å²) in [6, 6.07) is 15.0. The van der Waals surface area contributed by atoms with Gasteiger partial charge in [-0.2, -0.15) is 13.8 Å². The van der Waals surface area contributed by atoms with E-state index in [1.807, 2.05) is 36.4 Å². The van der Waals surface area contributed by atoms with Gasteiger partial charge in [0.2, 0.25) is 0 Å². The molecule has 3 aliphatic heterocycles. The molecule has 2 aromatic rings. The molecule has 32 heavy (non-hydrogen) atoms. The molecular weight excluding hydrogens is 410 g/mol. The molecule has 0 unspecified atom stereocenters. The van der Waals surface area contributed by atoms with E-state index in [0.717, 1.165) is 39.3 Å². The van der Waals surface area contributed by atoms with E-state index in [9.17, 15) is 0 Å². The Morgan fingerprint density at radius 3 is 1.53 bits per heavy atom. The van der Waals surface area contributed by atoms with Crippen molar-refractivity contribution >= 4 is 0 Å². The lowest BCUT2D eigenvalue weighted by Crippen LogP contribution is -2.74. The molecule has 3 saturated heterocycles. The standard InChI is InChI=1S/C20H24F2N4.C4H10N2/c21-20(22)19(17-7-3-1-4-8-17,18-9-5-2-6-10-18)24-13-16-26(20)25-14-11-23-12-15-25;1-2-6-4-3-5-1/h1-10,23-24H,11-16H2;5-6H,1-4H2. The van der Waals surface area contributed by atoms with Crippen LogP contribution in [0.2, 0.25) is 0 Å². The van der Waals surface area contributed by atoms with Gasteiger partial charge in [-0.05, 0) is 11.1 Å². The van der Waals surface area contributed by atoms with Crippen LogP contribution >= 0.6 is 0 Å². The van der Waals surface area contributed by atoms with E-state index >= 15 is 8.78 Å². The lowest BCUT2D eigenvalue weighted by Gasteiger charge is -2.54. The van der Waals surface area contributed by atoms with Crippen LogP contribution in [-0.4, -0.2) is 81.5 Å². The molecule has 3 heterocycles. The largest absolute Gasteiger partial charge is 0.343 e. The molecule has 3 aliphatic rings. The van der Waals surface area contributed by atoms with Crippen LogP contribution in [0.15, 0.2) is 60.7 Å². The second-order valence-electron chi connectivity index (χ2n) is 8.28. The molecule has 0 bridgehead atoms. The lowest BCUT2D eigenvalue weighted by atomic mass is 9.79. The third-order valence-electron chi connectivity index (χ3n) is 6.29. The Morgan fingerprint density at radius 1 is 0.594 bits per heavy atom. The fraction of sp³-hybridized carbons (Fsp3) is 0.500. The zero-order valence-corrected chi connectivity index (χ0v) is 18.5. The van der Waals surface area contributed by atoms with Crippen LogP contribution in [0.5, 0.6) is 0 Å². The topological polar surface area (TPSA) is 54.6 Å². The summed E-state index contributed by atoms with van der Waals surface area (Å²) in [4.78, 5) is 0. The minimum atomic E-state index is -3.11. The van der Waals surface area contributed by atoms with E-state index in [0.29, 0.717) is 30.8 Å². The van der Waals surface area contributed by atoms with Crippen molar-refractivity contribution in [3.05, 3.63) is 71.8 Å². The summed E-state index contributed by atoms with van der Waals surface area (Å²) in [6.07, 6.45) is 0. The highest BCUT2D eigenvalue weighted by atomic mass is 19.3. The summed E-state index contributed by atoms with van der Waals surface area (Å²) < 4.78 is 32.3. The predicted molar refractivity (Wildman–Crippen MR) is 124 cm³/mol. The third kappa shape index (κ3) is 4.71. The number of rotatable bonds is 3. The zero-order chi connectivity index (χ0) is 22.3. The van der Waals surface area contributed by atoms with Crippen LogP contribution in [0.3, 0.4) is 0 Å². The first-order valence-corrected chi connectivity index (χ1v) is 11.5. The van der Waals surface area contributed by atoms with Crippen molar-refractivity contribution in [2.45, 2.75) is 11.6 Å². The Hall–Kier alpha value is -1.94. The molecule has 8 heteroatoms. The monoisotopic (exact) mass is 444 g/mol. The van der Waals surface area contributed by atoms with Crippen LogP contribution in [0.25, 0.3) is 0 Å². The van der Waals surface area contributed by atoms with Gasteiger partial charge in [0, 0.05) is 65.4 Å². The Balaban J connectivity index is 0.000000354. The molecule has 0 aliphatic carbocycles. The summed E-state index contributed by atoms with van der Waals surface area (Å²) in [5.41, 5.74) is -0.425. The number of nitrogens with zero attached hydrogens (tertiary/aromatic N) is 2. The van der Waals surface area contributed by atoms with Gasteiger partial charge in [0.25, 0.3) is 0 Å². The molecule has 0 radical (unpaired) electrons. The van der Waals surface area contributed by atoms with E-state index in [4.69, 9.17) is 0 Å². The van der Waals surface area contributed by atoms with Gasteiger partial charge in [0.15, 0.2) is 0 Å². The fourth-order valence-electron chi connectivity index (χ4n) is 4.70. The maximum atomic E-state index is 16.1. The number of nitrogens with one attached hydrogen (secondary N) is 4. The number of hydrogen-bond donors (Lipinski definition) is 4. The van der Waals surface area contributed by atoms with Crippen LogP contribution in [0.4, 0.5) is 8.78 Å². The van der Waals surface area contributed by atoms with E-state index in [1.165, 1.54) is 5.01 Å². The van der Waals surface area contributed by atoms with Gasteiger partial charge >= 0.3 is 6.05 Å². The highest BCUT2D eigenvalue weighted by molar-refractivity contribution is 5.42. The first-order valence-electron chi connectivity index (χ1n) is 11.5. The number of alkyl halides is 2. The highest BCUT2D eigenvalue weighted by Gasteiger charge is 2.62. The minimum Gasteiger partial charge on any atom is -0.314 e. The smallest absolute Gasteiger partial charge is 0.314 e. The third-order valence-corrected chi connectivity index (χ3v) is 6.29. The fourth-order valence-corrected chi connectivity index (χ4v) is 4.70. The van der Waals surface area contributed by atoms with Crippen molar-refractivity contribution in [1.82, 2.24) is 31.3 Å². The quantitative estimate of drug-likeness (QED) is 0.538. The summed E-state index contributed by atoms with van der Waals surface area (Å²) in [5.74, 6) is 0. The molecule has 4 N–H and O–H groups in total. The zero-order valence-electron chi connectivity index (χ0n) is 18.5. The average molecular weight is 445 g/mol. The maximum absolute atomic E-state index is 16.1. The number of piperazine rings is 3. The number of hydrogen-bond acceptors (Lipinski definition) is 6. The second kappa shape index (κ2) is 10.8. The molecule has 0 amide bonds. The molecule has 2 aromatic carbocycles. The van der Waals surface area contributed by atoms with Crippen molar-refractivity contribution < 1.29 is 8.78 Å². The predicted octanol–water partition coefficient (Wildman–Crippen LogP) is 1.43. The lowest BCUT2D eigenvalue weighted by molar-refractivity contribution is -0.291. The Morgan fingerprint density at radius 2 is 1.06 bits per heavy atom. The summed E-state index contributed by atoms with van der Waals surface area (Å²) in [5, 5.41) is 16.0. The summed E-state index contributed by atoms with van der Waals surface area (Å²) in [7, 11) is 0. The molecule has 5 rings (SSSR count). The summed E-state index contributed by atoms with van der Waals surface area (Å²) in [6.45, 7) is 7.97. The number of hydrazine groups is 1. The Bertz CT molecular complexity index is 759. The first kappa shape index (κ1) is 23.2. The number of halogens is 2. The van der Waals surface area contributed by atoms with E-state index in [-0.39, 0.29) is 6.54 Å². The van der Waals surface area contributed by atoms with Crippen LogP contribution in [0, 0.1) is 0 Å². The van der Waals surface area contributed by atoms with Crippen LogP contribution in [-0.2, 0) is 5.54 Å². The van der Waals surface area contributed by atoms with Crippen molar-refractivity contribution in [2.24, 2.45) is 0 Å². The molecule has 0 aromatic heterocycles. The molecule has 174 valence electrons. The molecule has 0 saturated carbocycles. The number of benzene rings is 2. The molecule has 6 nitrogen and oxygen atoms in total. The van der Waals surface area contributed by atoms with Gasteiger partial charge in [-0.1, -0.05) is 60.7 Å². The van der Waals surface area contributed by atoms with Gasteiger partial charge in [-0.15, -0.1) is 0 Å². The first-order chi connectivity index (χ1) is 15.7. The van der Waals surface area contributed by atoms with E-state index in [2.05, 4.69) is 21.3 Å². The van der Waals surface area contributed by atoms with E-state index in [1.54, 1.807) is 29.3 Å². The SMILES string of the molecule is C1CNCCN1.FC1(F)N(N2CCNCC2)CCNC1(c1ccccc1)c1ccccc1. The normalized spacial score (nSPS) is 23.7. The molecule has 0 spiro atoms. The van der Waals surface area contributed by atoms with Gasteiger partial charge in [-0.25, -0.2) is 5.01 Å².